The molecule has 0 spiro atoms. The van der Waals surface area contributed by atoms with Crippen LogP contribution < -0.4 is 0 Å². The van der Waals surface area contributed by atoms with E-state index in [0.717, 1.165) is 12.0 Å². The summed E-state index contributed by atoms with van der Waals surface area (Å²) in [7, 11) is 0. The molecule has 1 radical (unpaired) electrons. The Morgan fingerprint density at radius 1 is 1.41 bits per heavy atom. The molecule has 17 heavy (non-hydrogen) atoms. The number of rotatable bonds is 3. The number of hydrogen-bond donors (Lipinski definition) is 1. The molecule has 1 amide bonds. The van der Waals surface area contributed by atoms with E-state index in [-0.39, 0.29) is 12.3 Å². The molecule has 0 saturated carbocycles. The Bertz CT molecular complexity index is 416. The number of aliphatic carboxylic acids is 1. The highest BCUT2D eigenvalue weighted by atomic mass is 16.4. The Hall–Kier alpha value is -1.84. The standard InChI is InChI=1S/C13H14NO3/c15-12(9-10-5-2-1-3-6-10)14-8-4-7-11(14)13(16)17/h2-3,5-6,11H,4,7-9H2,(H,16,17). The summed E-state index contributed by atoms with van der Waals surface area (Å²) in [5.41, 5.74) is 0.893. The van der Waals surface area contributed by atoms with Crippen molar-refractivity contribution >= 4 is 11.9 Å². The molecule has 1 aromatic rings. The number of likely N-dealkylation sites (tertiary alicyclic amines) is 1. The summed E-state index contributed by atoms with van der Waals surface area (Å²) in [6.45, 7) is 0.550. The van der Waals surface area contributed by atoms with Crippen LogP contribution in [0, 0.1) is 6.07 Å². The number of nitrogens with zero attached hydrogens (tertiary/aromatic N) is 1. The molecule has 2 rings (SSSR count). The van der Waals surface area contributed by atoms with Gasteiger partial charge in [0.1, 0.15) is 6.04 Å². The van der Waals surface area contributed by atoms with Gasteiger partial charge in [-0.05, 0) is 24.5 Å². The van der Waals surface area contributed by atoms with Crippen LogP contribution in [0.25, 0.3) is 0 Å². The summed E-state index contributed by atoms with van der Waals surface area (Å²) in [5, 5.41) is 9.00. The van der Waals surface area contributed by atoms with Crippen molar-refractivity contribution in [3.63, 3.8) is 0 Å². The van der Waals surface area contributed by atoms with Crippen LogP contribution >= 0.6 is 0 Å². The minimum Gasteiger partial charge on any atom is -0.480 e. The van der Waals surface area contributed by atoms with Crippen LogP contribution in [0.2, 0.25) is 0 Å². The lowest BCUT2D eigenvalue weighted by Crippen LogP contribution is -2.41. The molecule has 1 fully saturated rings. The third-order valence-electron chi connectivity index (χ3n) is 3.00. The quantitative estimate of drug-likeness (QED) is 0.849. The van der Waals surface area contributed by atoms with Crippen LogP contribution in [0.1, 0.15) is 18.4 Å². The maximum Gasteiger partial charge on any atom is 0.326 e. The molecule has 1 heterocycles. The van der Waals surface area contributed by atoms with Gasteiger partial charge in [-0.3, -0.25) is 4.79 Å². The van der Waals surface area contributed by atoms with Gasteiger partial charge in [0.25, 0.3) is 0 Å². The van der Waals surface area contributed by atoms with E-state index in [4.69, 9.17) is 5.11 Å². The number of hydrogen-bond acceptors (Lipinski definition) is 2. The van der Waals surface area contributed by atoms with Gasteiger partial charge >= 0.3 is 5.97 Å². The maximum atomic E-state index is 12.0. The Labute approximate surface area is 99.9 Å². The SMILES string of the molecule is O=C(O)C1CCCN1C(=O)Cc1cc[c]cc1. The second-order valence-electron chi connectivity index (χ2n) is 4.17. The van der Waals surface area contributed by atoms with E-state index >= 15 is 0 Å². The zero-order valence-electron chi connectivity index (χ0n) is 9.43. The van der Waals surface area contributed by atoms with Crippen LogP contribution in [-0.2, 0) is 16.0 Å². The molecule has 1 aliphatic heterocycles. The van der Waals surface area contributed by atoms with Crippen LogP contribution in [-0.4, -0.2) is 34.5 Å². The summed E-state index contributed by atoms with van der Waals surface area (Å²) in [6, 6.07) is 9.39. The van der Waals surface area contributed by atoms with Crippen molar-refractivity contribution in [2.45, 2.75) is 25.3 Å². The molecular weight excluding hydrogens is 218 g/mol. The number of benzene rings is 1. The summed E-state index contributed by atoms with van der Waals surface area (Å²) < 4.78 is 0. The van der Waals surface area contributed by atoms with Gasteiger partial charge in [-0.15, -0.1) is 0 Å². The molecule has 1 atom stereocenters. The van der Waals surface area contributed by atoms with Crippen molar-refractivity contribution in [1.29, 1.82) is 0 Å². The van der Waals surface area contributed by atoms with Crippen molar-refractivity contribution < 1.29 is 14.7 Å². The zero-order valence-corrected chi connectivity index (χ0v) is 9.43. The summed E-state index contributed by atoms with van der Waals surface area (Å²) in [4.78, 5) is 24.4. The van der Waals surface area contributed by atoms with E-state index < -0.39 is 12.0 Å². The molecule has 4 nitrogen and oxygen atoms in total. The Kier molecular flexibility index (Phi) is 3.42. The van der Waals surface area contributed by atoms with Crippen molar-refractivity contribution in [1.82, 2.24) is 4.90 Å². The highest BCUT2D eigenvalue weighted by Crippen LogP contribution is 2.18. The Balaban J connectivity index is 2.03. The van der Waals surface area contributed by atoms with Crippen LogP contribution in [0.4, 0.5) is 0 Å². The van der Waals surface area contributed by atoms with Crippen molar-refractivity contribution in [2.75, 3.05) is 6.54 Å². The number of amides is 1. The van der Waals surface area contributed by atoms with Crippen molar-refractivity contribution in [3.8, 4) is 0 Å². The second kappa shape index (κ2) is 4.99. The van der Waals surface area contributed by atoms with Gasteiger partial charge in [0.15, 0.2) is 0 Å². The molecule has 89 valence electrons. The van der Waals surface area contributed by atoms with E-state index in [1.807, 2.05) is 12.1 Å². The van der Waals surface area contributed by atoms with Gasteiger partial charge in [-0.1, -0.05) is 24.3 Å². The lowest BCUT2D eigenvalue weighted by molar-refractivity contribution is -0.148. The summed E-state index contributed by atoms with van der Waals surface area (Å²) >= 11 is 0. The maximum absolute atomic E-state index is 12.0. The monoisotopic (exact) mass is 232 g/mol. The third kappa shape index (κ3) is 2.64. The van der Waals surface area contributed by atoms with Gasteiger partial charge < -0.3 is 10.0 Å². The summed E-state index contributed by atoms with van der Waals surface area (Å²) in [5.74, 6) is -1.02. The molecule has 1 aromatic carbocycles. The fourth-order valence-corrected chi connectivity index (χ4v) is 2.14. The number of carbonyl (C=O) groups is 2. The first-order valence-corrected chi connectivity index (χ1v) is 5.66. The fourth-order valence-electron chi connectivity index (χ4n) is 2.14. The van der Waals surface area contributed by atoms with E-state index in [1.54, 1.807) is 12.1 Å². The molecule has 0 aromatic heterocycles. The topological polar surface area (TPSA) is 57.6 Å². The average Bonchev–Trinajstić information content (AvgIpc) is 2.79. The smallest absolute Gasteiger partial charge is 0.326 e. The van der Waals surface area contributed by atoms with Gasteiger partial charge in [-0.25, -0.2) is 4.79 Å². The minimum absolute atomic E-state index is 0.110. The molecule has 1 aliphatic rings. The second-order valence-corrected chi connectivity index (χ2v) is 4.17. The molecule has 1 unspecified atom stereocenters. The van der Waals surface area contributed by atoms with E-state index in [2.05, 4.69) is 6.07 Å². The van der Waals surface area contributed by atoms with E-state index in [9.17, 15) is 9.59 Å². The van der Waals surface area contributed by atoms with Crippen LogP contribution in [0.5, 0.6) is 0 Å². The molecule has 1 saturated heterocycles. The van der Waals surface area contributed by atoms with Crippen LogP contribution in [0.3, 0.4) is 0 Å². The number of carboxylic acids is 1. The molecule has 0 bridgehead atoms. The molecule has 4 heteroatoms. The molecule has 0 aliphatic carbocycles. The average molecular weight is 232 g/mol. The van der Waals surface area contributed by atoms with Gasteiger partial charge in [0.05, 0.1) is 6.42 Å². The molecule has 1 N–H and O–H groups in total. The predicted octanol–water partition coefficient (Wildman–Crippen LogP) is 1.10. The largest absolute Gasteiger partial charge is 0.480 e. The first-order valence-electron chi connectivity index (χ1n) is 5.66. The van der Waals surface area contributed by atoms with Gasteiger partial charge in [0, 0.05) is 6.54 Å². The van der Waals surface area contributed by atoms with Crippen LogP contribution in [0.15, 0.2) is 24.3 Å². The number of carboxylic acid groups (broad SMARTS) is 1. The van der Waals surface area contributed by atoms with Crippen molar-refractivity contribution in [3.05, 3.63) is 35.9 Å². The first-order chi connectivity index (χ1) is 8.18. The Morgan fingerprint density at radius 3 is 2.76 bits per heavy atom. The third-order valence-corrected chi connectivity index (χ3v) is 3.00. The first kappa shape index (κ1) is 11.6. The fraction of sp³-hybridized carbons (Fsp3) is 0.385. The highest BCUT2D eigenvalue weighted by Gasteiger charge is 2.33. The van der Waals surface area contributed by atoms with Gasteiger partial charge in [0.2, 0.25) is 5.91 Å². The lowest BCUT2D eigenvalue weighted by Gasteiger charge is -2.21. The predicted molar refractivity (Wildman–Crippen MR) is 61.4 cm³/mol. The van der Waals surface area contributed by atoms with E-state index in [0.29, 0.717) is 13.0 Å². The number of carbonyl (C=O) groups excluding carboxylic acids is 1. The highest BCUT2D eigenvalue weighted by molar-refractivity contribution is 5.85. The summed E-state index contributed by atoms with van der Waals surface area (Å²) in [6.07, 6.45) is 1.59. The van der Waals surface area contributed by atoms with Crippen molar-refractivity contribution in [2.24, 2.45) is 0 Å². The Morgan fingerprint density at radius 2 is 2.12 bits per heavy atom. The lowest BCUT2D eigenvalue weighted by atomic mass is 10.1. The normalized spacial score (nSPS) is 19.3. The zero-order chi connectivity index (χ0) is 12.3. The minimum atomic E-state index is -0.905. The van der Waals surface area contributed by atoms with Gasteiger partial charge in [-0.2, -0.15) is 0 Å². The van der Waals surface area contributed by atoms with E-state index in [1.165, 1.54) is 4.90 Å². The molecular formula is C13H14NO3.